The van der Waals surface area contributed by atoms with E-state index in [1.165, 1.54) is 18.5 Å². The van der Waals surface area contributed by atoms with Crippen LogP contribution >= 0.6 is 0 Å². The lowest BCUT2D eigenvalue weighted by atomic mass is 10.1. The van der Waals surface area contributed by atoms with Crippen LogP contribution in [0.4, 0.5) is 0 Å². The van der Waals surface area contributed by atoms with E-state index in [4.69, 9.17) is 0 Å². The van der Waals surface area contributed by atoms with Crippen LogP contribution in [0.2, 0.25) is 0 Å². The first-order chi connectivity index (χ1) is 9.42. The molecule has 1 aliphatic rings. The maximum Gasteiger partial charge on any atom is 0.175 e. The molecule has 0 unspecified atom stereocenters. The van der Waals surface area contributed by atoms with Gasteiger partial charge < -0.3 is 0 Å². The molecule has 1 aromatic carbocycles. The van der Waals surface area contributed by atoms with Gasteiger partial charge in [-0.1, -0.05) is 30.3 Å². The van der Waals surface area contributed by atoms with E-state index in [1.807, 2.05) is 35.1 Å². The molecule has 1 aliphatic carbocycles. The lowest BCUT2D eigenvalue weighted by Crippen LogP contribution is -1.99. The van der Waals surface area contributed by atoms with E-state index in [9.17, 15) is 0 Å². The molecule has 4 rings (SSSR count). The third-order valence-electron chi connectivity index (χ3n) is 3.53. The summed E-state index contributed by atoms with van der Waals surface area (Å²) < 4.78 is 1.89. The minimum absolute atomic E-state index is 0.678. The fraction of sp³-hybridized carbons (Fsp3) is 0.200. The van der Waals surface area contributed by atoms with Crippen molar-refractivity contribution in [3.63, 3.8) is 0 Å². The Kier molecular flexibility index (Phi) is 2.27. The summed E-state index contributed by atoms with van der Waals surface area (Å²) in [5, 5.41) is 11.9. The average molecular weight is 250 g/mol. The van der Waals surface area contributed by atoms with Crippen molar-refractivity contribution in [1.29, 1.82) is 0 Å². The van der Waals surface area contributed by atoms with Crippen molar-refractivity contribution >= 4 is 0 Å². The molecule has 3 aromatic rings. The highest BCUT2D eigenvalue weighted by atomic mass is 15.3. The highest BCUT2D eigenvalue weighted by Gasteiger charge is 2.26. The Morgan fingerprint density at radius 2 is 1.95 bits per heavy atom. The van der Waals surface area contributed by atoms with Crippen molar-refractivity contribution in [3.8, 4) is 17.1 Å². The quantitative estimate of drug-likeness (QED) is 0.776. The molecular weight excluding hydrogens is 236 g/mol. The van der Waals surface area contributed by atoms with E-state index in [-0.39, 0.29) is 0 Å². The number of hydrogen-bond donors (Lipinski definition) is 1. The van der Waals surface area contributed by atoms with E-state index in [1.54, 1.807) is 0 Å². The van der Waals surface area contributed by atoms with Crippen molar-refractivity contribution in [3.05, 3.63) is 54.4 Å². The maximum absolute atomic E-state index is 4.39. The van der Waals surface area contributed by atoms with Gasteiger partial charge in [-0.3, -0.25) is 5.10 Å². The van der Waals surface area contributed by atoms with Crippen LogP contribution < -0.4 is 0 Å². The molecule has 2 aromatic heterocycles. The molecule has 0 saturated heterocycles. The van der Waals surface area contributed by atoms with Gasteiger partial charge in [0.05, 0.1) is 11.9 Å². The fourth-order valence-corrected chi connectivity index (χ4v) is 2.35. The standard InChI is InChI=1S/C15H14N4/c1-2-4-12(5-3-1)14-8-9-16-19(14)15-10-13(17-18-15)11-6-7-11/h1-5,8-11H,6-7H2,(H,17,18). The number of nitrogens with zero attached hydrogens (tertiary/aromatic N) is 3. The Hall–Kier alpha value is -2.36. The Morgan fingerprint density at radius 3 is 2.74 bits per heavy atom. The van der Waals surface area contributed by atoms with Gasteiger partial charge in [-0.15, -0.1) is 0 Å². The smallest absolute Gasteiger partial charge is 0.175 e. The summed E-state index contributed by atoms with van der Waals surface area (Å²) in [6.07, 6.45) is 4.35. The first-order valence-electron chi connectivity index (χ1n) is 6.57. The van der Waals surface area contributed by atoms with Gasteiger partial charge in [-0.05, 0) is 18.9 Å². The Balaban J connectivity index is 1.77. The number of benzene rings is 1. The molecule has 19 heavy (non-hydrogen) atoms. The zero-order chi connectivity index (χ0) is 12.7. The molecule has 2 heterocycles. The Labute approximate surface area is 111 Å². The zero-order valence-electron chi connectivity index (χ0n) is 10.5. The van der Waals surface area contributed by atoms with Gasteiger partial charge in [0.2, 0.25) is 0 Å². The minimum atomic E-state index is 0.678. The molecule has 0 bridgehead atoms. The van der Waals surface area contributed by atoms with E-state index in [0.717, 1.165) is 17.1 Å². The Bertz CT molecular complexity index is 692. The van der Waals surface area contributed by atoms with Crippen molar-refractivity contribution in [2.24, 2.45) is 0 Å². The summed E-state index contributed by atoms with van der Waals surface area (Å²) in [6, 6.07) is 14.4. The van der Waals surface area contributed by atoms with Gasteiger partial charge in [0.15, 0.2) is 5.82 Å². The fourth-order valence-electron chi connectivity index (χ4n) is 2.35. The first-order valence-corrected chi connectivity index (χ1v) is 6.57. The Morgan fingerprint density at radius 1 is 1.11 bits per heavy atom. The second-order valence-electron chi connectivity index (χ2n) is 4.95. The van der Waals surface area contributed by atoms with Gasteiger partial charge >= 0.3 is 0 Å². The van der Waals surface area contributed by atoms with Crippen molar-refractivity contribution in [1.82, 2.24) is 20.0 Å². The molecule has 0 radical (unpaired) electrons. The van der Waals surface area contributed by atoms with Crippen LogP contribution in [-0.2, 0) is 0 Å². The molecule has 0 aliphatic heterocycles. The molecular formula is C15H14N4. The summed E-state index contributed by atoms with van der Waals surface area (Å²) >= 11 is 0. The van der Waals surface area contributed by atoms with Crippen LogP contribution in [-0.4, -0.2) is 20.0 Å². The van der Waals surface area contributed by atoms with Crippen molar-refractivity contribution in [2.75, 3.05) is 0 Å². The minimum Gasteiger partial charge on any atom is -0.280 e. The van der Waals surface area contributed by atoms with Gasteiger partial charge in [-0.25, -0.2) is 4.68 Å². The average Bonchev–Trinajstić information content (AvgIpc) is 3.02. The first kappa shape index (κ1) is 10.6. The summed E-state index contributed by atoms with van der Waals surface area (Å²) in [5.41, 5.74) is 3.44. The highest BCUT2D eigenvalue weighted by molar-refractivity contribution is 5.61. The topological polar surface area (TPSA) is 46.5 Å². The third kappa shape index (κ3) is 1.85. The van der Waals surface area contributed by atoms with Crippen LogP contribution in [0, 0.1) is 0 Å². The molecule has 0 atom stereocenters. The van der Waals surface area contributed by atoms with Crippen LogP contribution in [0.1, 0.15) is 24.5 Å². The highest BCUT2D eigenvalue weighted by Crippen LogP contribution is 2.39. The van der Waals surface area contributed by atoms with Gasteiger partial charge in [0, 0.05) is 23.2 Å². The summed E-state index contributed by atoms with van der Waals surface area (Å²) in [6.45, 7) is 0. The number of H-pyrrole nitrogens is 1. The number of aromatic nitrogens is 4. The predicted molar refractivity (Wildman–Crippen MR) is 73.1 cm³/mol. The number of aromatic amines is 1. The molecule has 0 spiro atoms. The molecule has 94 valence electrons. The van der Waals surface area contributed by atoms with E-state index in [0.29, 0.717) is 5.92 Å². The van der Waals surface area contributed by atoms with Gasteiger partial charge in [-0.2, -0.15) is 10.2 Å². The van der Waals surface area contributed by atoms with Crippen molar-refractivity contribution < 1.29 is 0 Å². The second-order valence-corrected chi connectivity index (χ2v) is 4.95. The lowest BCUT2D eigenvalue weighted by molar-refractivity contribution is 0.839. The molecule has 1 fully saturated rings. The van der Waals surface area contributed by atoms with Crippen molar-refractivity contribution in [2.45, 2.75) is 18.8 Å². The summed E-state index contributed by atoms with van der Waals surface area (Å²) in [5.74, 6) is 1.54. The molecule has 4 heteroatoms. The van der Waals surface area contributed by atoms with Crippen LogP contribution in [0.25, 0.3) is 17.1 Å². The molecule has 1 saturated carbocycles. The molecule has 1 N–H and O–H groups in total. The third-order valence-corrected chi connectivity index (χ3v) is 3.53. The van der Waals surface area contributed by atoms with E-state index < -0.39 is 0 Å². The number of hydrogen-bond acceptors (Lipinski definition) is 2. The van der Waals surface area contributed by atoms with E-state index in [2.05, 4.69) is 33.5 Å². The van der Waals surface area contributed by atoms with Gasteiger partial charge in [0.1, 0.15) is 0 Å². The number of rotatable bonds is 3. The normalized spacial score (nSPS) is 14.7. The van der Waals surface area contributed by atoms with Gasteiger partial charge in [0.25, 0.3) is 0 Å². The SMILES string of the molecule is c1ccc(-c2ccnn2-c2cc(C3CC3)[nH]n2)cc1. The summed E-state index contributed by atoms with van der Waals surface area (Å²) in [4.78, 5) is 0. The molecule has 4 nitrogen and oxygen atoms in total. The molecule has 0 amide bonds. The van der Waals surface area contributed by atoms with Crippen LogP contribution in [0.5, 0.6) is 0 Å². The monoisotopic (exact) mass is 250 g/mol. The number of nitrogens with one attached hydrogen (secondary N) is 1. The largest absolute Gasteiger partial charge is 0.280 e. The van der Waals surface area contributed by atoms with Crippen LogP contribution in [0.3, 0.4) is 0 Å². The van der Waals surface area contributed by atoms with E-state index >= 15 is 0 Å². The maximum atomic E-state index is 4.39. The predicted octanol–water partition coefficient (Wildman–Crippen LogP) is 3.14. The van der Waals surface area contributed by atoms with Crippen LogP contribution in [0.15, 0.2) is 48.7 Å². The lowest BCUT2D eigenvalue weighted by Gasteiger charge is -2.03. The summed E-state index contributed by atoms with van der Waals surface area (Å²) in [7, 11) is 0. The second kappa shape index (κ2) is 4.09. The zero-order valence-corrected chi connectivity index (χ0v) is 10.5.